The number of hydrogen-bond acceptors (Lipinski definition) is 2. The van der Waals surface area contributed by atoms with Crippen LogP contribution in [0.4, 0.5) is 0 Å². The molecule has 1 atom stereocenters. The van der Waals surface area contributed by atoms with E-state index in [1.54, 1.807) is 0 Å². The normalized spacial score (nSPS) is 25.5. The summed E-state index contributed by atoms with van der Waals surface area (Å²) in [6.45, 7) is 4.26. The van der Waals surface area contributed by atoms with Gasteiger partial charge in [-0.1, -0.05) is 12.8 Å². The standard InChI is InChI=1S/C15H25NO/c1-2-3-4-9-14(17)15(10-5-6-11-15)16-12-7-8-13-16/h14,17H,4-13H2,1H3. The zero-order valence-corrected chi connectivity index (χ0v) is 11.0. The van der Waals surface area contributed by atoms with Crippen LogP contribution in [-0.4, -0.2) is 34.7 Å². The van der Waals surface area contributed by atoms with Gasteiger partial charge in [-0.25, -0.2) is 0 Å². The van der Waals surface area contributed by atoms with Gasteiger partial charge >= 0.3 is 0 Å². The van der Waals surface area contributed by atoms with Gasteiger partial charge in [0, 0.05) is 12.0 Å². The number of hydrogen-bond donors (Lipinski definition) is 1. The van der Waals surface area contributed by atoms with Gasteiger partial charge in [-0.3, -0.25) is 4.90 Å². The van der Waals surface area contributed by atoms with E-state index in [1.165, 1.54) is 51.6 Å². The Labute approximate surface area is 105 Å². The molecule has 2 rings (SSSR count). The number of aliphatic hydroxyl groups excluding tert-OH is 1. The molecule has 0 radical (unpaired) electrons. The summed E-state index contributed by atoms with van der Waals surface area (Å²) in [6.07, 6.45) is 9.07. The first-order valence-electron chi connectivity index (χ1n) is 7.12. The lowest BCUT2D eigenvalue weighted by Gasteiger charge is -2.42. The number of nitrogens with zero attached hydrogens (tertiary/aromatic N) is 1. The lowest BCUT2D eigenvalue weighted by molar-refractivity contribution is -0.0211. The van der Waals surface area contributed by atoms with Crippen LogP contribution in [0.2, 0.25) is 0 Å². The Balaban J connectivity index is 2.01. The molecule has 1 N–H and O–H groups in total. The first-order chi connectivity index (χ1) is 8.29. The minimum Gasteiger partial charge on any atom is -0.391 e. The lowest BCUT2D eigenvalue weighted by atomic mass is 9.86. The number of likely N-dealkylation sites (tertiary alicyclic amines) is 1. The summed E-state index contributed by atoms with van der Waals surface area (Å²) < 4.78 is 0. The molecule has 1 saturated heterocycles. The summed E-state index contributed by atoms with van der Waals surface area (Å²) in [5, 5.41) is 10.6. The Bertz CT molecular complexity index is 290. The maximum atomic E-state index is 10.6. The summed E-state index contributed by atoms with van der Waals surface area (Å²) in [5.74, 6) is 6.00. The van der Waals surface area contributed by atoms with Crippen LogP contribution in [-0.2, 0) is 0 Å². The summed E-state index contributed by atoms with van der Waals surface area (Å²) in [4.78, 5) is 2.57. The van der Waals surface area contributed by atoms with Crippen LogP contribution in [0.3, 0.4) is 0 Å². The third-order valence-electron chi connectivity index (χ3n) is 4.55. The van der Waals surface area contributed by atoms with Gasteiger partial charge < -0.3 is 5.11 Å². The van der Waals surface area contributed by atoms with Crippen molar-refractivity contribution < 1.29 is 5.11 Å². The number of rotatable bonds is 4. The molecule has 2 nitrogen and oxygen atoms in total. The second kappa shape index (κ2) is 5.89. The zero-order valence-electron chi connectivity index (χ0n) is 11.0. The molecule has 1 aliphatic carbocycles. The third kappa shape index (κ3) is 2.67. The predicted octanol–water partition coefficient (Wildman–Crippen LogP) is 2.56. The van der Waals surface area contributed by atoms with E-state index in [2.05, 4.69) is 16.7 Å². The van der Waals surface area contributed by atoms with Gasteiger partial charge in [-0.05, 0) is 52.1 Å². The van der Waals surface area contributed by atoms with Gasteiger partial charge in [0.15, 0.2) is 0 Å². The molecule has 2 fully saturated rings. The van der Waals surface area contributed by atoms with Gasteiger partial charge in [0.1, 0.15) is 0 Å². The monoisotopic (exact) mass is 235 g/mol. The van der Waals surface area contributed by atoms with Crippen molar-refractivity contribution in [2.45, 2.75) is 69.9 Å². The lowest BCUT2D eigenvalue weighted by Crippen LogP contribution is -2.53. The maximum absolute atomic E-state index is 10.6. The Morgan fingerprint density at radius 2 is 1.82 bits per heavy atom. The van der Waals surface area contributed by atoms with E-state index in [-0.39, 0.29) is 11.6 Å². The second-order valence-corrected chi connectivity index (χ2v) is 5.49. The van der Waals surface area contributed by atoms with Crippen molar-refractivity contribution in [2.24, 2.45) is 0 Å². The summed E-state index contributed by atoms with van der Waals surface area (Å²) in [5.41, 5.74) is 0.103. The smallest absolute Gasteiger partial charge is 0.0732 e. The number of aliphatic hydroxyl groups is 1. The molecular formula is C15H25NO. The molecule has 2 heteroatoms. The molecule has 17 heavy (non-hydrogen) atoms. The van der Waals surface area contributed by atoms with Crippen molar-refractivity contribution in [3.05, 3.63) is 0 Å². The molecule has 1 aliphatic heterocycles. The van der Waals surface area contributed by atoms with Gasteiger partial charge in [-0.15, -0.1) is 11.8 Å². The van der Waals surface area contributed by atoms with E-state index < -0.39 is 0 Å². The highest BCUT2D eigenvalue weighted by atomic mass is 16.3. The van der Waals surface area contributed by atoms with Crippen molar-refractivity contribution >= 4 is 0 Å². The van der Waals surface area contributed by atoms with E-state index >= 15 is 0 Å². The van der Waals surface area contributed by atoms with E-state index in [1.807, 2.05) is 6.92 Å². The van der Waals surface area contributed by atoms with Crippen molar-refractivity contribution in [1.82, 2.24) is 4.90 Å². The molecule has 96 valence electrons. The fourth-order valence-electron chi connectivity index (χ4n) is 3.61. The Hall–Kier alpha value is -0.520. The van der Waals surface area contributed by atoms with Crippen molar-refractivity contribution in [2.75, 3.05) is 13.1 Å². The van der Waals surface area contributed by atoms with E-state index in [0.717, 1.165) is 12.8 Å². The third-order valence-corrected chi connectivity index (χ3v) is 4.55. The zero-order chi connectivity index (χ0) is 12.1. The highest BCUT2D eigenvalue weighted by molar-refractivity contribution is 5.03. The van der Waals surface area contributed by atoms with Gasteiger partial charge in [0.25, 0.3) is 0 Å². The molecule has 2 aliphatic rings. The highest BCUT2D eigenvalue weighted by Gasteiger charge is 2.45. The van der Waals surface area contributed by atoms with Crippen LogP contribution in [0, 0.1) is 11.8 Å². The molecule has 0 aromatic rings. The molecule has 1 saturated carbocycles. The first-order valence-corrected chi connectivity index (χ1v) is 7.12. The van der Waals surface area contributed by atoms with Crippen molar-refractivity contribution in [3.63, 3.8) is 0 Å². The fourth-order valence-corrected chi connectivity index (χ4v) is 3.61. The van der Waals surface area contributed by atoms with E-state index in [4.69, 9.17) is 0 Å². The average Bonchev–Trinajstić information content (AvgIpc) is 3.00. The van der Waals surface area contributed by atoms with Gasteiger partial charge in [0.05, 0.1) is 6.10 Å². The molecule has 0 amide bonds. The van der Waals surface area contributed by atoms with Gasteiger partial charge in [-0.2, -0.15) is 0 Å². The molecule has 0 bridgehead atoms. The Morgan fingerprint density at radius 3 is 2.41 bits per heavy atom. The molecule has 0 spiro atoms. The molecule has 1 unspecified atom stereocenters. The van der Waals surface area contributed by atoms with Crippen molar-refractivity contribution in [3.8, 4) is 11.8 Å². The Kier molecular flexibility index (Phi) is 4.48. The molecule has 1 heterocycles. The van der Waals surface area contributed by atoms with Crippen molar-refractivity contribution in [1.29, 1.82) is 0 Å². The topological polar surface area (TPSA) is 23.5 Å². The van der Waals surface area contributed by atoms with Gasteiger partial charge in [0.2, 0.25) is 0 Å². The maximum Gasteiger partial charge on any atom is 0.0732 e. The van der Waals surface area contributed by atoms with Crippen LogP contribution in [0.5, 0.6) is 0 Å². The SMILES string of the molecule is CC#CCCC(O)C1(N2CCCC2)CCCC1. The summed E-state index contributed by atoms with van der Waals surface area (Å²) in [7, 11) is 0. The fraction of sp³-hybridized carbons (Fsp3) is 0.867. The molecule has 0 aromatic carbocycles. The molecular weight excluding hydrogens is 210 g/mol. The van der Waals surface area contributed by atoms with Crippen LogP contribution < -0.4 is 0 Å². The summed E-state index contributed by atoms with van der Waals surface area (Å²) >= 11 is 0. The predicted molar refractivity (Wildman–Crippen MR) is 70.7 cm³/mol. The van der Waals surface area contributed by atoms with E-state index in [9.17, 15) is 5.11 Å². The first kappa shape index (κ1) is 12.9. The highest BCUT2D eigenvalue weighted by Crippen LogP contribution is 2.41. The van der Waals surface area contributed by atoms with Crippen LogP contribution in [0.1, 0.15) is 58.3 Å². The van der Waals surface area contributed by atoms with Crippen LogP contribution in [0.25, 0.3) is 0 Å². The van der Waals surface area contributed by atoms with Crippen LogP contribution >= 0.6 is 0 Å². The minimum absolute atomic E-state index is 0.103. The average molecular weight is 235 g/mol. The largest absolute Gasteiger partial charge is 0.391 e. The minimum atomic E-state index is -0.177. The Morgan fingerprint density at radius 1 is 1.18 bits per heavy atom. The second-order valence-electron chi connectivity index (χ2n) is 5.49. The van der Waals surface area contributed by atoms with Crippen LogP contribution in [0.15, 0.2) is 0 Å². The van der Waals surface area contributed by atoms with E-state index in [0.29, 0.717) is 0 Å². The quantitative estimate of drug-likeness (QED) is 0.757. The summed E-state index contributed by atoms with van der Waals surface area (Å²) in [6, 6.07) is 0. The molecule has 0 aromatic heterocycles.